The zero-order valence-electron chi connectivity index (χ0n) is 22.0. The maximum absolute atomic E-state index is 15.1. The Morgan fingerprint density at radius 2 is 1.79 bits per heavy atom. The summed E-state index contributed by atoms with van der Waals surface area (Å²) in [6.45, 7) is 7.74. The number of hydrogen-bond acceptors (Lipinski definition) is 6. The number of aromatic amines is 2. The number of nitrogens with zero attached hydrogens (tertiary/aromatic N) is 6. The predicted octanol–water partition coefficient (Wildman–Crippen LogP) is 4.95. The van der Waals surface area contributed by atoms with E-state index in [2.05, 4.69) is 35.8 Å². The summed E-state index contributed by atoms with van der Waals surface area (Å²) in [7, 11) is 0. The van der Waals surface area contributed by atoms with Crippen LogP contribution in [0.2, 0.25) is 0 Å². The molecule has 2 saturated carbocycles. The minimum atomic E-state index is -0.656. The minimum Gasteiger partial charge on any atom is -0.310 e. The smallest absolute Gasteiger partial charge is 0.236 e. The molecule has 0 radical (unpaired) electrons. The number of amides is 1. The van der Waals surface area contributed by atoms with Crippen molar-refractivity contribution in [2.24, 2.45) is 17.8 Å². The normalized spacial score (nSPS) is 16.4. The van der Waals surface area contributed by atoms with Gasteiger partial charge in [-0.05, 0) is 89.3 Å². The van der Waals surface area contributed by atoms with Crippen LogP contribution in [-0.2, 0) is 4.79 Å². The Labute approximate surface area is 219 Å². The van der Waals surface area contributed by atoms with E-state index in [0.29, 0.717) is 40.3 Å². The first kappa shape index (κ1) is 24.4. The van der Waals surface area contributed by atoms with Crippen LogP contribution in [0.5, 0.6) is 0 Å². The lowest BCUT2D eigenvalue weighted by Crippen LogP contribution is -2.31. The molecule has 2 aliphatic rings. The van der Waals surface area contributed by atoms with Gasteiger partial charge in [-0.1, -0.05) is 0 Å². The molecule has 1 unspecified atom stereocenters. The van der Waals surface area contributed by atoms with Crippen LogP contribution in [0.25, 0.3) is 22.6 Å². The maximum atomic E-state index is 15.1. The van der Waals surface area contributed by atoms with Gasteiger partial charge in [0.2, 0.25) is 11.9 Å². The third-order valence-electron chi connectivity index (χ3n) is 7.68. The van der Waals surface area contributed by atoms with Gasteiger partial charge in [-0.15, -0.1) is 0 Å². The van der Waals surface area contributed by atoms with Gasteiger partial charge in [0, 0.05) is 29.1 Å². The monoisotopic (exact) mass is 517 g/mol. The predicted molar refractivity (Wildman–Crippen MR) is 140 cm³/mol. The number of hydrogen-bond donors (Lipinski definition) is 3. The molecule has 6 rings (SSSR count). The molecule has 0 spiro atoms. The van der Waals surface area contributed by atoms with Crippen molar-refractivity contribution < 1.29 is 9.18 Å². The lowest BCUT2D eigenvalue weighted by molar-refractivity contribution is -0.119. The standard InChI is InChI=1S/C27H32FN9O/c1-13(2)37-19(11-12-29-37)25-32-26(36-35-25)23(22(16-5-6-16)17-7-8-17)27(38)31-20-10-9-18(24(28)30-20)21-14(3)33-34-15(21)4/h9-13,16-17,22-23H,5-8H2,1-4H3,(H,33,34)(H,30,31,38)(H,32,35,36). The van der Waals surface area contributed by atoms with Crippen molar-refractivity contribution in [3.63, 3.8) is 0 Å². The maximum Gasteiger partial charge on any atom is 0.236 e. The molecular weight excluding hydrogens is 485 g/mol. The second kappa shape index (κ2) is 9.45. The molecule has 4 aromatic heterocycles. The van der Waals surface area contributed by atoms with Crippen molar-refractivity contribution in [2.45, 2.75) is 65.3 Å². The summed E-state index contributed by atoms with van der Waals surface area (Å²) in [5.41, 5.74) is 3.27. The molecular formula is C27H32FN9O. The number of anilines is 1. The van der Waals surface area contributed by atoms with Gasteiger partial charge in [-0.3, -0.25) is 19.7 Å². The molecule has 38 heavy (non-hydrogen) atoms. The lowest BCUT2D eigenvalue weighted by atomic mass is 9.82. The summed E-state index contributed by atoms with van der Waals surface area (Å²) in [6.07, 6.45) is 6.16. The first-order chi connectivity index (χ1) is 18.3. The third-order valence-corrected chi connectivity index (χ3v) is 7.68. The Hall–Kier alpha value is -3.89. The Morgan fingerprint density at radius 3 is 2.39 bits per heavy atom. The zero-order valence-corrected chi connectivity index (χ0v) is 22.0. The molecule has 2 fully saturated rings. The Kier molecular flexibility index (Phi) is 6.08. The molecule has 11 heteroatoms. The van der Waals surface area contributed by atoms with Gasteiger partial charge in [0.25, 0.3) is 0 Å². The number of carbonyl (C=O) groups excluding carboxylic acids is 1. The highest BCUT2D eigenvalue weighted by Gasteiger charge is 2.49. The SMILES string of the molecule is Cc1n[nH]c(C)c1-c1ccc(NC(=O)C(c2nc(-c3ccnn3C(C)C)n[nH]2)C(C2CC2)C2CC2)nc1F. The van der Waals surface area contributed by atoms with Crippen LogP contribution in [0.4, 0.5) is 10.2 Å². The van der Waals surface area contributed by atoms with E-state index in [0.717, 1.165) is 37.1 Å². The number of halogens is 1. The summed E-state index contributed by atoms with van der Waals surface area (Å²) in [5, 5.41) is 21.8. The fourth-order valence-electron chi connectivity index (χ4n) is 5.65. The topological polar surface area (TPSA) is 130 Å². The summed E-state index contributed by atoms with van der Waals surface area (Å²) in [4.78, 5) is 22.7. The van der Waals surface area contributed by atoms with Crippen LogP contribution in [0, 0.1) is 37.5 Å². The number of aryl methyl sites for hydroxylation is 2. The van der Waals surface area contributed by atoms with Gasteiger partial charge in [0.15, 0.2) is 5.82 Å². The molecule has 2 aliphatic carbocycles. The van der Waals surface area contributed by atoms with E-state index in [1.54, 1.807) is 18.3 Å². The highest BCUT2D eigenvalue weighted by molar-refractivity contribution is 5.95. The molecule has 0 aromatic carbocycles. The van der Waals surface area contributed by atoms with Crippen LogP contribution < -0.4 is 5.32 Å². The van der Waals surface area contributed by atoms with Crippen LogP contribution in [0.3, 0.4) is 0 Å². The van der Waals surface area contributed by atoms with Gasteiger partial charge < -0.3 is 5.32 Å². The van der Waals surface area contributed by atoms with E-state index < -0.39 is 11.9 Å². The van der Waals surface area contributed by atoms with Gasteiger partial charge in [0.05, 0.1) is 5.69 Å². The third kappa shape index (κ3) is 4.50. The van der Waals surface area contributed by atoms with Crippen molar-refractivity contribution in [3.05, 3.63) is 47.6 Å². The zero-order chi connectivity index (χ0) is 26.6. The quantitative estimate of drug-likeness (QED) is 0.269. The molecule has 1 atom stereocenters. The number of aromatic nitrogens is 8. The van der Waals surface area contributed by atoms with Crippen LogP contribution >= 0.6 is 0 Å². The molecule has 0 saturated heterocycles. The molecule has 4 heterocycles. The average Bonchev–Trinajstić information content (AvgIpc) is 3.77. The number of pyridine rings is 1. The molecule has 3 N–H and O–H groups in total. The molecule has 10 nitrogen and oxygen atoms in total. The molecule has 4 aromatic rings. The van der Waals surface area contributed by atoms with E-state index in [1.165, 1.54) is 0 Å². The highest BCUT2D eigenvalue weighted by atomic mass is 19.1. The summed E-state index contributed by atoms with van der Waals surface area (Å²) in [5.74, 6) is 0.886. The van der Waals surface area contributed by atoms with Gasteiger partial charge in [-0.25, -0.2) is 9.97 Å². The van der Waals surface area contributed by atoms with Crippen LogP contribution in [0.15, 0.2) is 24.4 Å². The van der Waals surface area contributed by atoms with Crippen molar-refractivity contribution >= 4 is 11.7 Å². The van der Waals surface area contributed by atoms with Crippen molar-refractivity contribution in [2.75, 3.05) is 5.32 Å². The fourth-order valence-corrected chi connectivity index (χ4v) is 5.65. The van der Waals surface area contributed by atoms with E-state index in [-0.39, 0.29) is 23.7 Å². The Morgan fingerprint density at radius 1 is 1.05 bits per heavy atom. The van der Waals surface area contributed by atoms with E-state index in [9.17, 15) is 4.79 Å². The van der Waals surface area contributed by atoms with Crippen molar-refractivity contribution in [1.82, 2.24) is 40.1 Å². The van der Waals surface area contributed by atoms with Gasteiger partial charge in [0.1, 0.15) is 23.3 Å². The number of H-pyrrole nitrogens is 2. The number of rotatable bonds is 9. The second-order valence-electron chi connectivity index (χ2n) is 10.9. The largest absolute Gasteiger partial charge is 0.310 e. The van der Waals surface area contributed by atoms with Crippen LogP contribution in [-0.4, -0.2) is 46.1 Å². The molecule has 0 bridgehead atoms. The first-order valence-electron chi connectivity index (χ1n) is 13.3. The highest BCUT2D eigenvalue weighted by Crippen LogP contribution is 2.54. The summed E-state index contributed by atoms with van der Waals surface area (Å²) < 4.78 is 17.0. The van der Waals surface area contributed by atoms with E-state index in [1.807, 2.05) is 38.4 Å². The van der Waals surface area contributed by atoms with Crippen LogP contribution in [0.1, 0.15) is 68.7 Å². The van der Waals surface area contributed by atoms with E-state index in [4.69, 9.17) is 4.98 Å². The average molecular weight is 518 g/mol. The fraction of sp³-hybridized carbons (Fsp3) is 0.481. The summed E-state index contributed by atoms with van der Waals surface area (Å²) >= 11 is 0. The van der Waals surface area contributed by atoms with E-state index >= 15 is 4.39 Å². The Balaban J connectivity index is 1.31. The molecule has 1 amide bonds. The van der Waals surface area contributed by atoms with Gasteiger partial charge >= 0.3 is 0 Å². The number of nitrogens with one attached hydrogen (secondary N) is 3. The van der Waals surface area contributed by atoms with Gasteiger partial charge in [-0.2, -0.15) is 19.7 Å². The lowest BCUT2D eigenvalue weighted by Gasteiger charge is -2.24. The second-order valence-corrected chi connectivity index (χ2v) is 10.9. The minimum absolute atomic E-state index is 0.144. The van der Waals surface area contributed by atoms with Crippen molar-refractivity contribution in [3.8, 4) is 22.6 Å². The Bertz CT molecular complexity index is 1450. The van der Waals surface area contributed by atoms with Crippen molar-refractivity contribution in [1.29, 1.82) is 0 Å². The first-order valence-corrected chi connectivity index (χ1v) is 13.3. The molecule has 198 valence electrons. The molecule has 0 aliphatic heterocycles. The number of carbonyl (C=O) groups is 1. The summed E-state index contributed by atoms with van der Waals surface area (Å²) in [6, 6.07) is 5.29.